The number of aryl methyl sites for hydroxylation is 1. The van der Waals surface area contributed by atoms with Crippen LogP contribution in [0.5, 0.6) is 5.75 Å². The van der Waals surface area contributed by atoms with E-state index in [0.717, 1.165) is 24.0 Å². The zero-order valence-electron chi connectivity index (χ0n) is 22.7. The molecule has 0 spiro atoms. The highest BCUT2D eigenvalue weighted by Gasteiger charge is 2.34. The molecule has 1 N–H and O–H groups in total. The van der Waals surface area contributed by atoms with Gasteiger partial charge in [-0.3, -0.25) is 4.99 Å². The Balaban J connectivity index is 2.76. The maximum atomic E-state index is 11.7. The predicted octanol–water partition coefficient (Wildman–Crippen LogP) is 8.14. The van der Waals surface area contributed by atoms with Crippen molar-refractivity contribution < 1.29 is 5.11 Å². The van der Waals surface area contributed by atoms with Gasteiger partial charge in [0.25, 0.3) is 0 Å². The first-order valence-corrected chi connectivity index (χ1v) is 13.4. The van der Waals surface area contributed by atoms with Crippen molar-refractivity contribution in [1.29, 1.82) is 0 Å². The van der Waals surface area contributed by atoms with Crippen LogP contribution in [0.15, 0.2) is 35.3 Å². The van der Waals surface area contributed by atoms with Crippen LogP contribution in [0.25, 0.3) is 0 Å². The Morgan fingerprint density at radius 2 is 1.55 bits per heavy atom. The maximum Gasteiger partial charge on any atom is 0.123 e. The van der Waals surface area contributed by atoms with Crippen LogP contribution in [0, 0.1) is 6.92 Å². The molecule has 0 bridgehead atoms. The quantitative estimate of drug-likeness (QED) is 0.237. The molecular weight excluding hydrogens is 421 g/mol. The van der Waals surface area contributed by atoms with E-state index in [0.29, 0.717) is 14.3 Å². The van der Waals surface area contributed by atoms with Crippen LogP contribution in [0.4, 0.5) is 0 Å². The SMILES string of the molecule is CCCCCC(C)(Pc1ccc(C)cc1C=NC)c1cc(C(C)(C)C)cc(C(C)(C)C)c1O. The van der Waals surface area contributed by atoms with Crippen molar-refractivity contribution in [3.8, 4) is 5.75 Å². The number of aliphatic imine (C=N–C) groups is 1. The monoisotopic (exact) mass is 467 g/mol. The number of benzene rings is 2. The lowest BCUT2D eigenvalue weighted by atomic mass is 9.77. The van der Waals surface area contributed by atoms with Gasteiger partial charge in [0.2, 0.25) is 0 Å². The predicted molar refractivity (Wildman–Crippen MR) is 150 cm³/mol. The van der Waals surface area contributed by atoms with Crippen molar-refractivity contribution in [2.75, 3.05) is 7.05 Å². The van der Waals surface area contributed by atoms with Crippen LogP contribution in [0.3, 0.4) is 0 Å². The highest BCUT2D eigenvalue weighted by atomic mass is 31.1. The molecule has 2 rings (SSSR count). The van der Waals surface area contributed by atoms with Gasteiger partial charge >= 0.3 is 0 Å². The van der Waals surface area contributed by atoms with Crippen LogP contribution < -0.4 is 5.30 Å². The Bertz CT molecular complexity index is 978. The third-order valence-electron chi connectivity index (χ3n) is 6.54. The Labute approximate surface area is 205 Å². The van der Waals surface area contributed by atoms with Gasteiger partial charge in [-0.05, 0) is 52.2 Å². The molecule has 0 amide bonds. The van der Waals surface area contributed by atoms with E-state index in [-0.39, 0.29) is 16.0 Å². The minimum absolute atomic E-state index is 0.0137. The second kappa shape index (κ2) is 10.7. The molecule has 0 saturated carbocycles. The second-order valence-corrected chi connectivity index (χ2v) is 13.7. The molecule has 2 aromatic carbocycles. The molecule has 33 heavy (non-hydrogen) atoms. The molecule has 0 aromatic heterocycles. The molecule has 0 aliphatic carbocycles. The fraction of sp³-hybridized carbons (Fsp3) is 0.567. The van der Waals surface area contributed by atoms with Gasteiger partial charge in [0.05, 0.1) is 0 Å². The van der Waals surface area contributed by atoms with Crippen LogP contribution in [0.1, 0.15) is 109 Å². The molecule has 2 aromatic rings. The van der Waals surface area contributed by atoms with Crippen molar-refractivity contribution in [3.63, 3.8) is 0 Å². The summed E-state index contributed by atoms with van der Waals surface area (Å²) in [4.78, 5) is 4.33. The highest BCUT2D eigenvalue weighted by molar-refractivity contribution is 7.48. The fourth-order valence-electron chi connectivity index (χ4n) is 4.39. The van der Waals surface area contributed by atoms with E-state index in [9.17, 15) is 5.11 Å². The number of nitrogens with zero attached hydrogens (tertiary/aromatic N) is 1. The third-order valence-corrected chi connectivity index (χ3v) is 8.34. The molecule has 2 unspecified atom stereocenters. The van der Waals surface area contributed by atoms with Gasteiger partial charge in [-0.2, -0.15) is 0 Å². The van der Waals surface area contributed by atoms with Gasteiger partial charge in [-0.1, -0.05) is 113 Å². The first kappa shape index (κ1) is 27.6. The lowest BCUT2D eigenvalue weighted by Crippen LogP contribution is -2.25. The molecule has 0 fully saturated rings. The zero-order valence-corrected chi connectivity index (χ0v) is 23.7. The molecule has 182 valence electrons. The number of rotatable bonds is 8. The van der Waals surface area contributed by atoms with Gasteiger partial charge in [-0.15, -0.1) is 0 Å². The van der Waals surface area contributed by atoms with E-state index in [1.54, 1.807) is 0 Å². The molecule has 0 radical (unpaired) electrons. The summed E-state index contributed by atoms with van der Waals surface area (Å²) < 4.78 is 0. The van der Waals surface area contributed by atoms with Crippen LogP contribution in [0.2, 0.25) is 0 Å². The number of phenolic OH excluding ortho intramolecular Hbond substituents is 1. The molecule has 2 atom stereocenters. The normalized spacial score (nSPS) is 15.0. The van der Waals surface area contributed by atoms with Crippen LogP contribution >= 0.6 is 8.58 Å². The third kappa shape index (κ3) is 6.92. The Kier molecular flexibility index (Phi) is 8.97. The number of aromatic hydroxyl groups is 1. The van der Waals surface area contributed by atoms with Gasteiger partial charge in [0, 0.05) is 24.0 Å². The van der Waals surface area contributed by atoms with Gasteiger partial charge in [0.1, 0.15) is 5.75 Å². The lowest BCUT2D eigenvalue weighted by Gasteiger charge is -2.36. The molecular formula is C30H46NOP. The van der Waals surface area contributed by atoms with Gasteiger partial charge in [-0.25, -0.2) is 0 Å². The highest BCUT2D eigenvalue weighted by Crippen LogP contribution is 2.51. The molecule has 0 aliphatic rings. The number of hydrogen-bond acceptors (Lipinski definition) is 2. The molecule has 0 heterocycles. The molecule has 2 nitrogen and oxygen atoms in total. The Morgan fingerprint density at radius 3 is 2.09 bits per heavy atom. The summed E-state index contributed by atoms with van der Waals surface area (Å²) in [5.41, 5.74) is 5.78. The van der Waals surface area contributed by atoms with E-state index in [2.05, 4.69) is 97.6 Å². The Morgan fingerprint density at radius 1 is 0.909 bits per heavy atom. The van der Waals surface area contributed by atoms with Crippen LogP contribution in [-0.4, -0.2) is 18.4 Å². The molecule has 3 heteroatoms. The summed E-state index contributed by atoms with van der Waals surface area (Å²) in [5, 5.41) is 12.9. The van der Waals surface area contributed by atoms with Crippen molar-refractivity contribution in [2.24, 2.45) is 4.99 Å². The summed E-state index contributed by atoms with van der Waals surface area (Å²) in [6.07, 6.45) is 6.60. The summed E-state index contributed by atoms with van der Waals surface area (Å²) in [5.74, 6) is 0.486. The average Bonchev–Trinajstić information content (AvgIpc) is 2.69. The van der Waals surface area contributed by atoms with Crippen molar-refractivity contribution in [2.45, 2.75) is 104 Å². The Hall–Kier alpha value is -1.66. The van der Waals surface area contributed by atoms with Crippen molar-refractivity contribution in [3.05, 3.63) is 58.1 Å². The minimum atomic E-state index is -0.147. The van der Waals surface area contributed by atoms with E-state index >= 15 is 0 Å². The first-order valence-electron chi connectivity index (χ1n) is 12.4. The number of unbranched alkanes of at least 4 members (excludes halogenated alkanes) is 2. The first-order chi connectivity index (χ1) is 15.2. The molecule has 0 aliphatic heterocycles. The number of hydrogen-bond donors (Lipinski definition) is 1. The summed E-state index contributed by atoms with van der Waals surface area (Å²) in [7, 11) is 2.38. The van der Waals surface area contributed by atoms with Gasteiger partial charge < -0.3 is 5.11 Å². The largest absolute Gasteiger partial charge is 0.507 e. The summed E-state index contributed by atoms with van der Waals surface area (Å²) >= 11 is 0. The topological polar surface area (TPSA) is 32.6 Å². The van der Waals surface area contributed by atoms with Gasteiger partial charge in [0.15, 0.2) is 0 Å². The summed E-state index contributed by atoms with van der Waals surface area (Å²) in [6.45, 7) is 20.1. The summed E-state index contributed by atoms with van der Waals surface area (Å²) in [6, 6.07) is 11.2. The van der Waals surface area contributed by atoms with E-state index in [4.69, 9.17) is 0 Å². The van der Waals surface area contributed by atoms with E-state index in [1.165, 1.54) is 34.8 Å². The van der Waals surface area contributed by atoms with E-state index < -0.39 is 0 Å². The smallest absolute Gasteiger partial charge is 0.123 e. The van der Waals surface area contributed by atoms with Crippen LogP contribution in [-0.2, 0) is 16.0 Å². The molecule has 0 saturated heterocycles. The van der Waals surface area contributed by atoms with Crippen molar-refractivity contribution >= 4 is 20.1 Å². The lowest BCUT2D eigenvalue weighted by molar-refractivity contribution is 0.424. The van der Waals surface area contributed by atoms with Crippen molar-refractivity contribution in [1.82, 2.24) is 0 Å². The zero-order chi connectivity index (χ0) is 25.0. The second-order valence-electron chi connectivity index (χ2n) is 11.8. The maximum absolute atomic E-state index is 11.7. The minimum Gasteiger partial charge on any atom is -0.507 e. The van der Waals surface area contributed by atoms with E-state index in [1.807, 2.05) is 13.3 Å². The standard InChI is InChI=1S/C30H46NOP/c1-11-12-13-16-30(9,33-26-15-14-21(2)17-22(26)20-31-10)25-19-23(28(3,4)5)18-24(27(25)32)29(6,7)8/h14-15,17-20,32-33H,11-13,16H2,1-10H3. The number of phenols is 1. The average molecular weight is 468 g/mol. The fourth-order valence-corrected chi connectivity index (χ4v) is 6.06.